The molecule has 1 aromatic rings. The Morgan fingerprint density at radius 3 is 2.06 bits per heavy atom. The van der Waals surface area contributed by atoms with Crippen LogP contribution >= 0.6 is 0 Å². The number of hydrogen-bond acceptors (Lipinski definition) is 3. The Labute approximate surface area is 111 Å². The first-order valence-electron chi connectivity index (χ1n) is 6.03. The zero-order chi connectivity index (χ0) is 13.8. The van der Waals surface area contributed by atoms with E-state index in [0.29, 0.717) is 6.17 Å². The molecule has 18 heavy (non-hydrogen) atoms. The molecule has 0 amide bonds. The second kappa shape index (κ2) is 5.93. The molecule has 0 atom stereocenters. The molecule has 1 rings (SSSR count). The molecule has 5 heteroatoms. The largest absolute Gasteiger partial charge is 0.569 e. The van der Waals surface area contributed by atoms with Gasteiger partial charge in [0.2, 0.25) is 6.17 Å². The Bertz CT molecular complexity index is 378. The fourth-order valence-electron chi connectivity index (χ4n) is 1.95. The standard InChI is InChI=1S/C13H24NO3Si/c1-13(2,3)12-9-7-8-10-14(12)11-18(15-4,16-5)17-6/h7-10H,11H2,1-6H3/q+1. The van der Waals surface area contributed by atoms with E-state index in [2.05, 4.69) is 31.4 Å². The van der Waals surface area contributed by atoms with Gasteiger partial charge in [-0.2, -0.15) is 4.57 Å². The minimum Gasteiger partial charge on any atom is -0.373 e. The molecule has 4 nitrogen and oxygen atoms in total. The minimum absolute atomic E-state index is 0.0661. The van der Waals surface area contributed by atoms with Crippen LogP contribution in [0, 0.1) is 0 Å². The second-order valence-electron chi connectivity index (χ2n) is 5.26. The van der Waals surface area contributed by atoms with E-state index in [1.54, 1.807) is 21.3 Å². The van der Waals surface area contributed by atoms with Crippen LogP contribution < -0.4 is 4.57 Å². The highest BCUT2D eigenvalue weighted by Gasteiger charge is 2.45. The molecular weight excluding hydrogens is 246 g/mol. The lowest BCUT2D eigenvalue weighted by molar-refractivity contribution is -0.695. The molecule has 0 aromatic carbocycles. The molecule has 1 aromatic heterocycles. The third-order valence-corrected chi connectivity index (χ3v) is 5.60. The summed E-state index contributed by atoms with van der Waals surface area (Å²) in [5, 5.41) is 0. The quantitative estimate of drug-likeness (QED) is 0.603. The van der Waals surface area contributed by atoms with Gasteiger partial charge >= 0.3 is 8.80 Å². The number of rotatable bonds is 5. The van der Waals surface area contributed by atoms with E-state index in [1.165, 1.54) is 5.69 Å². The van der Waals surface area contributed by atoms with Gasteiger partial charge in [-0.1, -0.05) is 26.8 Å². The van der Waals surface area contributed by atoms with Crippen LogP contribution in [0.15, 0.2) is 24.4 Å². The van der Waals surface area contributed by atoms with Gasteiger partial charge in [0.1, 0.15) is 0 Å². The van der Waals surface area contributed by atoms with Crippen LogP contribution in [0.5, 0.6) is 0 Å². The van der Waals surface area contributed by atoms with Gasteiger partial charge in [0.25, 0.3) is 0 Å². The maximum Gasteiger partial charge on any atom is 0.569 e. The summed E-state index contributed by atoms with van der Waals surface area (Å²) in [5.74, 6) is 0. The molecule has 0 fully saturated rings. The van der Waals surface area contributed by atoms with Crippen molar-refractivity contribution in [1.29, 1.82) is 0 Å². The zero-order valence-electron chi connectivity index (χ0n) is 12.2. The van der Waals surface area contributed by atoms with Crippen LogP contribution in [0.3, 0.4) is 0 Å². The smallest absolute Gasteiger partial charge is 0.373 e. The van der Waals surface area contributed by atoms with Crippen LogP contribution in [-0.2, 0) is 24.9 Å². The predicted molar refractivity (Wildman–Crippen MR) is 72.1 cm³/mol. The van der Waals surface area contributed by atoms with Crippen molar-refractivity contribution in [3.05, 3.63) is 30.1 Å². The van der Waals surface area contributed by atoms with Gasteiger partial charge in [-0.05, 0) is 0 Å². The lowest BCUT2D eigenvalue weighted by Crippen LogP contribution is -2.58. The summed E-state index contributed by atoms with van der Waals surface area (Å²) in [6.45, 7) is 6.57. The first-order chi connectivity index (χ1) is 8.38. The van der Waals surface area contributed by atoms with Gasteiger partial charge < -0.3 is 13.3 Å². The monoisotopic (exact) mass is 270 g/mol. The van der Waals surface area contributed by atoms with Gasteiger partial charge in [0.15, 0.2) is 11.9 Å². The average molecular weight is 270 g/mol. The molecule has 0 bridgehead atoms. The van der Waals surface area contributed by atoms with E-state index >= 15 is 0 Å². The average Bonchev–Trinajstić information content (AvgIpc) is 2.35. The first-order valence-corrected chi connectivity index (χ1v) is 7.96. The normalized spacial score (nSPS) is 12.8. The van der Waals surface area contributed by atoms with Crippen molar-refractivity contribution in [2.45, 2.75) is 32.4 Å². The first kappa shape index (κ1) is 15.3. The predicted octanol–water partition coefficient (Wildman–Crippen LogP) is 1.69. The molecule has 0 unspecified atom stereocenters. The van der Waals surface area contributed by atoms with Crippen LogP contribution in [0.25, 0.3) is 0 Å². The van der Waals surface area contributed by atoms with Gasteiger partial charge in [-0.3, -0.25) is 0 Å². The number of hydrogen-bond donors (Lipinski definition) is 0. The summed E-state index contributed by atoms with van der Waals surface area (Å²) < 4.78 is 18.6. The van der Waals surface area contributed by atoms with E-state index in [9.17, 15) is 0 Å². The van der Waals surface area contributed by atoms with E-state index in [1.807, 2.05) is 18.3 Å². The van der Waals surface area contributed by atoms with Crippen molar-refractivity contribution >= 4 is 8.80 Å². The van der Waals surface area contributed by atoms with Gasteiger partial charge in [-0.25, -0.2) is 0 Å². The topological polar surface area (TPSA) is 31.6 Å². The molecule has 0 spiro atoms. The maximum atomic E-state index is 5.48. The summed E-state index contributed by atoms with van der Waals surface area (Å²) in [6, 6.07) is 6.18. The Morgan fingerprint density at radius 2 is 1.61 bits per heavy atom. The Hall–Kier alpha value is -0.753. The van der Waals surface area contributed by atoms with Crippen molar-refractivity contribution in [2.24, 2.45) is 0 Å². The molecule has 0 saturated heterocycles. The Balaban J connectivity index is 3.11. The van der Waals surface area contributed by atoms with Crippen molar-refractivity contribution in [3.8, 4) is 0 Å². The van der Waals surface area contributed by atoms with Crippen molar-refractivity contribution in [3.63, 3.8) is 0 Å². The molecule has 0 N–H and O–H groups in total. The summed E-state index contributed by atoms with van der Waals surface area (Å²) in [5.41, 5.74) is 1.30. The lowest BCUT2D eigenvalue weighted by atomic mass is 9.91. The molecule has 1 heterocycles. The molecule has 0 aliphatic rings. The van der Waals surface area contributed by atoms with Gasteiger partial charge in [0.05, 0.1) is 0 Å². The van der Waals surface area contributed by atoms with Gasteiger partial charge in [0, 0.05) is 38.9 Å². The fraction of sp³-hybridized carbons (Fsp3) is 0.615. The SMILES string of the molecule is CO[Si](C[n+]1ccccc1C(C)(C)C)(OC)OC. The molecular formula is C13H24NO3Si+. The second-order valence-corrected chi connectivity index (χ2v) is 8.17. The number of pyridine rings is 1. The summed E-state index contributed by atoms with van der Waals surface area (Å²) in [6.07, 6.45) is 2.66. The van der Waals surface area contributed by atoms with Crippen LogP contribution in [0.2, 0.25) is 0 Å². The highest BCUT2D eigenvalue weighted by Crippen LogP contribution is 2.18. The van der Waals surface area contributed by atoms with Crippen molar-refractivity contribution in [1.82, 2.24) is 0 Å². The van der Waals surface area contributed by atoms with E-state index in [4.69, 9.17) is 13.3 Å². The molecule has 0 radical (unpaired) electrons. The number of aromatic nitrogens is 1. The lowest BCUT2D eigenvalue weighted by Gasteiger charge is -2.23. The molecule has 0 aliphatic heterocycles. The fourth-order valence-corrected chi connectivity index (χ4v) is 3.53. The number of nitrogens with zero attached hydrogens (tertiary/aromatic N) is 1. The van der Waals surface area contributed by atoms with E-state index in [-0.39, 0.29) is 5.41 Å². The summed E-state index contributed by atoms with van der Waals surface area (Å²) in [4.78, 5) is 0. The third kappa shape index (κ3) is 3.38. The molecule has 0 saturated carbocycles. The zero-order valence-corrected chi connectivity index (χ0v) is 13.2. The van der Waals surface area contributed by atoms with Crippen LogP contribution in [0.1, 0.15) is 26.5 Å². The minimum atomic E-state index is -2.61. The highest BCUT2D eigenvalue weighted by molar-refractivity contribution is 6.58. The van der Waals surface area contributed by atoms with Gasteiger partial charge in [-0.15, -0.1) is 0 Å². The van der Waals surface area contributed by atoms with E-state index < -0.39 is 8.80 Å². The maximum absolute atomic E-state index is 5.48. The van der Waals surface area contributed by atoms with Crippen molar-refractivity contribution < 1.29 is 17.8 Å². The van der Waals surface area contributed by atoms with Crippen molar-refractivity contribution in [2.75, 3.05) is 21.3 Å². The highest BCUT2D eigenvalue weighted by atomic mass is 28.4. The third-order valence-electron chi connectivity index (χ3n) is 3.01. The van der Waals surface area contributed by atoms with Crippen LogP contribution in [0.4, 0.5) is 0 Å². The summed E-state index contributed by atoms with van der Waals surface area (Å²) >= 11 is 0. The van der Waals surface area contributed by atoms with Crippen LogP contribution in [-0.4, -0.2) is 30.1 Å². The Kier molecular flexibility index (Phi) is 5.04. The van der Waals surface area contributed by atoms with E-state index in [0.717, 1.165) is 0 Å². The molecule has 0 aliphatic carbocycles. The summed E-state index contributed by atoms with van der Waals surface area (Å²) in [7, 11) is 2.31. The Morgan fingerprint density at radius 1 is 1.06 bits per heavy atom. The molecule has 102 valence electrons.